The average molecular weight is 456 g/mol. The summed E-state index contributed by atoms with van der Waals surface area (Å²) < 4.78 is 0. The van der Waals surface area contributed by atoms with E-state index in [4.69, 9.17) is 0 Å². The summed E-state index contributed by atoms with van der Waals surface area (Å²) in [5.74, 6) is -0.668. The first-order chi connectivity index (χ1) is 16.5. The number of rotatable bonds is 7. The van der Waals surface area contributed by atoms with Crippen molar-refractivity contribution in [3.63, 3.8) is 0 Å². The predicted octanol–water partition coefficient (Wildman–Crippen LogP) is 5.59. The van der Waals surface area contributed by atoms with E-state index in [0.717, 1.165) is 42.5 Å². The van der Waals surface area contributed by atoms with Crippen LogP contribution in [0.3, 0.4) is 0 Å². The molecule has 1 aliphatic rings. The number of nitrogens with one attached hydrogen (secondary N) is 2. The molecule has 4 rings (SSSR count). The molecule has 0 spiro atoms. The predicted molar refractivity (Wildman–Crippen MR) is 138 cm³/mol. The van der Waals surface area contributed by atoms with Gasteiger partial charge in [-0.3, -0.25) is 9.59 Å². The van der Waals surface area contributed by atoms with Crippen LogP contribution in [0.25, 0.3) is 0 Å². The van der Waals surface area contributed by atoms with Crippen LogP contribution in [0.5, 0.6) is 0 Å². The van der Waals surface area contributed by atoms with Gasteiger partial charge in [-0.15, -0.1) is 0 Å². The highest BCUT2D eigenvalue weighted by atomic mass is 16.2. The van der Waals surface area contributed by atoms with Crippen molar-refractivity contribution in [1.82, 2.24) is 5.32 Å². The van der Waals surface area contributed by atoms with Gasteiger partial charge in [0.25, 0.3) is 5.91 Å². The van der Waals surface area contributed by atoms with E-state index in [1.807, 2.05) is 91.8 Å². The third-order valence-electron chi connectivity index (χ3n) is 6.46. The maximum Gasteiger partial charge on any atom is 0.253 e. The van der Waals surface area contributed by atoms with Gasteiger partial charge in [-0.05, 0) is 42.2 Å². The molecule has 0 radical (unpaired) electrons. The van der Waals surface area contributed by atoms with Gasteiger partial charge in [0.05, 0.1) is 11.5 Å². The Bertz CT molecular complexity index is 1070. The molecule has 3 aromatic carbocycles. The summed E-state index contributed by atoms with van der Waals surface area (Å²) in [5, 5.41) is 6.27. The Morgan fingerprint density at radius 1 is 0.824 bits per heavy atom. The summed E-state index contributed by atoms with van der Waals surface area (Å²) >= 11 is 0. The normalized spacial score (nSPS) is 14.0. The van der Waals surface area contributed by atoms with Crippen molar-refractivity contribution in [2.75, 3.05) is 24.3 Å². The first kappa shape index (κ1) is 23.6. The maximum atomic E-state index is 13.5. The van der Waals surface area contributed by atoms with Crippen LogP contribution in [0.4, 0.5) is 11.4 Å². The third-order valence-corrected chi connectivity index (χ3v) is 6.46. The quantitative estimate of drug-likeness (QED) is 0.488. The molecule has 5 nitrogen and oxygen atoms in total. The second-order valence-electron chi connectivity index (χ2n) is 9.18. The van der Waals surface area contributed by atoms with Crippen molar-refractivity contribution in [3.05, 3.63) is 95.6 Å². The minimum absolute atomic E-state index is 0.0885. The molecule has 1 aliphatic carbocycles. The molecule has 0 bridgehead atoms. The molecule has 176 valence electrons. The molecule has 34 heavy (non-hydrogen) atoms. The first-order valence-corrected chi connectivity index (χ1v) is 12.1. The molecular weight excluding hydrogens is 422 g/mol. The number of carbonyl (C=O) groups is 2. The molecule has 0 aliphatic heterocycles. The van der Waals surface area contributed by atoms with E-state index in [0.29, 0.717) is 11.3 Å². The van der Waals surface area contributed by atoms with Gasteiger partial charge in [-0.2, -0.15) is 0 Å². The van der Waals surface area contributed by atoms with Crippen LogP contribution < -0.4 is 15.5 Å². The van der Waals surface area contributed by atoms with Crippen LogP contribution in [-0.2, 0) is 4.79 Å². The Kier molecular flexibility index (Phi) is 7.63. The summed E-state index contributed by atoms with van der Waals surface area (Å²) in [6.45, 7) is 0. The van der Waals surface area contributed by atoms with E-state index in [1.54, 1.807) is 6.07 Å². The van der Waals surface area contributed by atoms with Gasteiger partial charge in [0.15, 0.2) is 0 Å². The fourth-order valence-corrected chi connectivity index (χ4v) is 4.70. The number of anilines is 2. The van der Waals surface area contributed by atoms with Gasteiger partial charge >= 0.3 is 0 Å². The molecule has 5 heteroatoms. The van der Waals surface area contributed by atoms with Gasteiger partial charge in [-0.25, -0.2) is 0 Å². The summed E-state index contributed by atoms with van der Waals surface area (Å²) in [6, 6.07) is 25.3. The number of hydrogen-bond donors (Lipinski definition) is 2. The van der Waals surface area contributed by atoms with Gasteiger partial charge < -0.3 is 15.5 Å². The molecule has 0 aromatic heterocycles. The fraction of sp³-hybridized carbons (Fsp3) is 0.310. The van der Waals surface area contributed by atoms with Crippen LogP contribution >= 0.6 is 0 Å². The van der Waals surface area contributed by atoms with Gasteiger partial charge in [0, 0.05) is 31.5 Å². The van der Waals surface area contributed by atoms with Crippen molar-refractivity contribution >= 4 is 23.2 Å². The zero-order chi connectivity index (χ0) is 23.9. The Labute approximate surface area is 202 Å². The molecular formula is C29H33N3O2. The highest BCUT2D eigenvalue weighted by molar-refractivity contribution is 6.03. The van der Waals surface area contributed by atoms with E-state index >= 15 is 0 Å². The SMILES string of the molecule is CN(C)c1ccc(NC(=O)C(c2ccccc2)c2ccccc2)cc1C(=O)NC1CCCCC1. The summed E-state index contributed by atoms with van der Waals surface area (Å²) in [6.07, 6.45) is 5.59. The number of carbonyl (C=O) groups excluding carboxylic acids is 2. The van der Waals surface area contributed by atoms with Gasteiger partial charge in [0.1, 0.15) is 0 Å². The van der Waals surface area contributed by atoms with Gasteiger partial charge in [0.2, 0.25) is 5.91 Å². The minimum Gasteiger partial charge on any atom is -0.377 e. The summed E-state index contributed by atoms with van der Waals surface area (Å²) in [4.78, 5) is 28.6. The molecule has 2 N–H and O–H groups in total. The zero-order valence-corrected chi connectivity index (χ0v) is 20.0. The van der Waals surface area contributed by atoms with E-state index in [2.05, 4.69) is 10.6 Å². The van der Waals surface area contributed by atoms with Crippen molar-refractivity contribution in [3.8, 4) is 0 Å². The monoisotopic (exact) mass is 455 g/mol. The van der Waals surface area contributed by atoms with E-state index in [-0.39, 0.29) is 17.9 Å². The third kappa shape index (κ3) is 5.66. The molecule has 0 unspecified atom stereocenters. The summed E-state index contributed by atoms with van der Waals surface area (Å²) in [7, 11) is 3.84. The molecule has 0 atom stereocenters. The highest BCUT2D eigenvalue weighted by Gasteiger charge is 2.24. The molecule has 1 saturated carbocycles. The lowest BCUT2D eigenvalue weighted by Gasteiger charge is -2.25. The molecule has 3 aromatic rings. The first-order valence-electron chi connectivity index (χ1n) is 12.1. The fourth-order valence-electron chi connectivity index (χ4n) is 4.70. The van der Waals surface area contributed by atoms with Crippen LogP contribution in [0.15, 0.2) is 78.9 Å². The Hall–Kier alpha value is -3.60. The number of amides is 2. The van der Waals surface area contributed by atoms with Crippen molar-refractivity contribution in [1.29, 1.82) is 0 Å². The topological polar surface area (TPSA) is 61.4 Å². The van der Waals surface area contributed by atoms with Crippen LogP contribution in [0.1, 0.15) is 59.5 Å². The lowest BCUT2D eigenvalue weighted by atomic mass is 9.90. The number of hydrogen-bond acceptors (Lipinski definition) is 3. The molecule has 0 saturated heterocycles. The number of benzene rings is 3. The van der Waals surface area contributed by atoms with E-state index in [1.165, 1.54) is 6.42 Å². The Morgan fingerprint density at radius 3 is 1.97 bits per heavy atom. The standard InChI is InChI=1S/C29H33N3O2/c1-32(2)26-19-18-24(20-25(26)28(33)30-23-16-10-5-11-17-23)31-29(34)27(21-12-6-3-7-13-21)22-14-8-4-9-15-22/h3-4,6-9,12-15,18-20,23,27H,5,10-11,16-17H2,1-2H3,(H,30,33)(H,31,34). The lowest BCUT2D eigenvalue weighted by molar-refractivity contribution is -0.116. The van der Waals surface area contributed by atoms with Crippen LogP contribution in [-0.4, -0.2) is 32.0 Å². The smallest absolute Gasteiger partial charge is 0.253 e. The molecule has 1 fully saturated rings. The Morgan fingerprint density at radius 2 is 1.41 bits per heavy atom. The average Bonchev–Trinajstić information content (AvgIpc) is 2.86. The largest absolute Gasteiger partial charge is 0.377 e. The molecule has 2 amide bonds. The lowest BCUT2D eigenvalue weighted by Crippen LogP contribution is -2.36. The van der Waals surface area contributed by atoms with E-state index in [9.17, 15) is 9.59 Å². The van der Waals surface area contributed by atoms with Gasteiger partial charge in [-0.1, -0.05) is 79.9 Å². The van der Waals surface area contributed by atoms with Crippen molar-refractivity contribution < 1.29 is 9.59 Å². The Balaban J connectivity index is 1.60. The van der Waals surface area contributed by atoms with E-state index < -0.39 is 5.92 Å². The second kappa shape index (κ2) is 11.0. The minimum atomic E-state index is -0.449. The summed E-state index contributed by atoms with van der Waals surface area (Å²) in [5.41, 5.74) is 3.86. The zero-order valence-electron chi connectivity index (χ0n) is 20.0. The van der Waals surface area contributed by atoms with Crippen molar-refractivity contribution in [2.24, 2.45) is 0 Å². The van der Waals surface area contributed by atoms with Crippen LogP contribution in [0.2, 0.25) is 0 Å². The second-order valence-corrected chi connectivity index (χ2v) is 9.18. The maximum absolute atomic E-state index is 13.5. The van der Waals surface area contributed by atoms with Crippen molar-refractivity contribution in [2.45, 2.75) is 44.1 Å². The highest BCUT2D eigenvalue weighted by Crippen LogP contribution is 2.28. The number of nitrogens with zero attached hydrogens (tertiary/aromatic N) is 1. The molecule has 0 heterocycles. The van der Waals surface area contributed by atoms with Crippen LogP contribution in [0, 0.1) is 0 Å².